The van der Waals surface area contributed by atoms with Gasteiger partial charge in [0.15, 0.2) is 0 Å². The van der Waals surface area contributed by atoms with E-state index in [4.69, 9.17) is 23.2 Å². The lowest BCUT2D eigenvalue weighted by atomic mass is 10.0. The first-order valence-electron chi connectivity index (χ1n) is 5.54. The predicted octanol–water partition coefficient (Wildman–Crippen LogP) is 2.96. The highest BCUT2D eigenvalue weighted by atomic mass is 35.5. The Morgan fingerprint density at radius 1 is 1.31 bits per heavy atom. The van der Waals surface area contributed by atoms with Gasteiger partial charge in [-0.25, -0.2) is 0 Å². The first kappa shape index (κ1) is 12.2. The molecule has 1 aliphatic rings. The van der Waals surface area contributed by atoms with E-state index in [9.17, 15) is 0 Å². The highest BCUT2D eigenvalue weighted by molar-refractivity contribution is 6.35. The molecule has 16 heavy (non-hydrogen) atoms. The molecule has 1 aliphatic heterocycles. The zero-order valence-electron chi connectivity index (χ0n) is 9.34. The van der Waals surface area contributed by atoms with Gasteiger partial charge in [0.2, 0.25) is 0 Å². The SMILES string of the molecule is CN1CCNCCC1c1ccc(Cl)cc1Cl. The largest absolute Gasteiger partial charge is 0.315 e. The number of hydrogen-bond acceptors (Lipinski definition) is 2. The molecule has 2 nitrogen and oxygen atoms in total. The van der Waals surface area contributed by atoms with Crippen LogP contribution in [0.2, 0.25) is 10.0 Å². The van der Waals surface area contributed by atoms with Gasteiger partial charge in [0.25, 0.3) is 0 Å². The van der Waals surface area contributed by atoms with E-state index in [-0.39, 0.29) is 0 Å². The summed E-state index contributed by atoms with van der Waals surface area (Å²) in [7, 11) is 2.14. The maximum Gasteiger partial charge on any atom is 0.0468 e. The van der Waals surface area contributed by atoms with Crippen molar-refractivity contribution >= 4 is 23.2 Å². The minimum absolute atomic E-state index is 0.389. The van der Waals surface area contributed by atoms with E-state index in [1.165, 1.54) is 5.56 Å². The second-order valence-corrected chi connectivity index (χ2v) is 5.04. The number of nitrogens with one attached hydrogen (secondary N) is 1. The van der Waals surface area contributed by atoms with Crippen LogP contribution in [0.15, 0.2) is 18.2 Å². The third-order valence-corrected chi connectivity index (χ3v) is 3.65. The summed E-state index contributed by atoms with van der Waals surface area (Å²) >= 11 is 12.2. The van der Waals surface area contributed by atoms with Crippen LogP contribution in [0.1, 0.15) is 18.0 Å². The molecule has 0 aliphatic carbocycles. The molecule has 1 N–H and O–H groups in total. The van der Waals surface area contributed by atoms with Crippen molar-refractivity contribution in [1.29, 1.82) is 0 Å². The van der Waals surface area contributed by atoms with E-state index < -0.39 is 0 Å². The number of likely N-dealkylation sites (N-methyl/N-ethyl adjacent to an activating group) is 1. The Morgan fingerprint density at radius 2 is 2.12 bits per heavy atom. The van der Waals surface area contributed by atoms with E-state index in [1.54, 1.807) is 0 Å². The molecule has 1 fully saturated rings. The molecule has 1 atom stereocenters. The quantitative estimate of drug-likeness (QED) is 0.834. The van der Waals surface area contributed by atoms with E-state index >= 15 is 0 Å². The Bertz CT molecular complexity index is 368. The van der Waals surface area contributed by atoms with E-state index in [1.807, 2.05) is 18.2 Å². The lowest BCUT2D eigenvalue weighted by Gasteiger charge is -2.26. The lowest BCUT2D eigenvalue weighted by molar-refractivity contribution is 0.258. The van der Waals surface area contributed by atoms with Crippen molar-refractivity contribution in [1.82, 2.24) is 10.2 Å². The molecule has 1 heterocycles. The summed E-state index contributed by atoms with van der Waals surface area (Å²) in [5, 5.41) is 4.86. The Kier molecular flexibility index (Phi) is 4.09. The summed E-state index contributed by atoms with van der Waals surface area (Å²) < 4.78 is 0. The monoisotopic (exact) mass is 258 g/mol. The summed E-state index contributed by atoms with van der Waals surface area (Å²) in [5.74, 6) is 0. The molecule has 1 unspecified atom stereocenters. The summed E-state index contributed by atoms with van der Waals surface area (Å²) in [5.41, 5.74) is 1.18. The van der Waals surface area contributed by atoms with E-state index in [2.05, 4.69) is 17.3 Å². The van der Waals surface area contributed by atoms with Crippen LogP contribution in [0.5, 0.6) is 0 Å². The first-order chi connectivity index (χ1) is 7.68. The van der Waals surface area contributed by atoms with Crippen LogP contribution >= 0.6 is 23.2 Å². The maximum atomic E-state index is 6.25. The van der Waals surface area contributed by atoms with E-state index in [0.717, 1.165) is 31.1 Å². The average molecular weight is 259 g/mol. The van der Waals surface area contributed by atoms with Crippen LogP contribution in [0, 0.1) is 0 Å². The molecule has 88 valence electrons. The molecule has 4 heteroatoms. The Balaban J connectivity index is 2.27. The minimum atomic E-state index is 0.389. The zero-order chi connectivity index (χ0) is 11.5. The molecule has 1 aromatic carbocycles. The predicted molar refractivity (Wildman–Crippen MR) is 69.3 cm³/mol. The van der Waals surface area contributed by atoms with Crippen molar-refractivity contribution < 1.29 is 0 Å². The summed E-state index contributed by atoms with van der Waals surface area (Å²) in [6, 6.07) is 6.16. The average Bonchev–Trinajstić information content (AvgIpc) is 2.44. The van der Waals surface area contributed by atoms with Gasteiger partial charge >= 0.3 is 0 Å². The van der Waals surface area contributed by atoms with Gasteiger partial charge in [-0.05, 0) is 37.7 Å². The van der Waals surface area contributed by atoms with Crippen molar-refractivity contribution in [3.05, 3.63) is 33.8 Å². The van der Waals surface area contributed by atoms with Gasteiger partial charge < -0.3 is 5.32 Å². The molecule has 0 radical (unpaired) electrons. The van der Waals surface area contributed by atoms with Crippen LogP contribution < -0.4 is 5.32 Å². The topological polar surface area (TPSA) is 15.3 Å². The highest BCUT2D eigenvalue weighted by Gasteiger charge is 2.21. The van der Waals surface area contributed by atoms with Crippen molar-refractivity contribution in [3.8, 4) is 0 Å². The highest BCUT2D eigenvalue weighted by Crippen LogP contribution is 2.31. The van der Waals surface area contributed by atoms with Crippen molar-refractivity contribution in [2.24, 2.45) is 0 Å². The molecule has 0 spiro atoms. The fourth-order valence-electron chi connectivity index (χ4n) is 2.16. The zero-order valence-corrected chi connectivity index (χ0v) is 10.9. The summed E-state index contributed by atoms with van der Waals surface area (Å²) in [6.07, 6.45) is 1.08. The van der Waals surface area contributed by atoms with Gasteiger partial charge in [0.1, 0.15) is 0 Å². The smallest absolute Gasteiger partial charge is 0.0468 e. The normalized spacial score (nSPS) is 23.1. The second kappa shape index (κ2) is 5.37. The number of nitrogens with zero attached hydrogens (tertiary/aromatic N) is 1. The second-order valence-electron chi connectivity index (χ2n) is 4.20. The Hall–Kier alpha value is -0.280. The first-order valence-corrected chi connectivity index (χ1v) is 6.30. The Labute approximate surface area is 107 Å². The van der Waals surface area contributed by atoms with E-state index in [0.29, 0.717) is 11.1 Å². The van der Waals surface area contributed by atoms with Crippen LogP contribution in [0.25, 0.3) is 0 Å². The molecule has 2 rings (SSSR count). The molecule has 0 aromatic heterocycles. The van der Waals surface area contributed by atoms with Crippen LogP contribution in [0.4, 0.5) is 0 Å². The number of benzene rings is 1. The van der Waals surface area contributed by atoms with Crippen molar-refractivity contribution in [2.75, 3.05) is 26.7 Å². The number of hydrogen-bond donors (Lipinski definition) is 1. The molecular formula is C12H16Cl2N2. The molecular weight excluding hydrogens is 243 g/mol. The van der Waals surface area contributed by atoms with Gasteiger partial charge in [0, 0.05) is 29.2 Å². The van der Waals surface area contributed by atoms with Crippen molar-refractivity contribution in [3.63, 3.8) is 0 Å². The fourth-order valence-corrected chi connectivity index (χ4v) is 2.69. The standard InChI is InChI=1S/C12H16Cl2N2/c1-16-7-6-15-5-4-12(16)10-3-2-9(13)8-11(10)14/h2-3,8,12,15H,4-7H2,1H3. The maximum absolute atomic E-state index is 6.25. The van der Waals surface area contributed by atoms with Crippen LogP contribution in [-0.4, -0.2) is 31.6 Å². The van der Waals surface area contributed by atoms with Gasteiger partial charge in [-0.15, -0.1) is 0 Å². The third-order valence-electron chi connectivity index (χ3n) is 3.09. The van der Waals surface area contributed by atoms with Gasteiger partial charge in [-0.1, -0.05) is 29.3 Å². The fraction of sp³-hybridized carbons (Fsp3) is 0.500. The molecule has 0 amide bonds. The van der Waals surface area contributed by atoms with Gasteiger partial charge in [-0.2, -0.15) is 0 Å². The molecule has 1 aromatic rings. The molecule has 0 bridgehead atoms. The number of halogens is 2. The summed E-state index contributed by atoms with van der Waals surface area (Å²) in [6.45, 7) is 3.12. The Morgan fingerprint density at radius 3 is 2.88 bits per heavy atom. The third kappa shape index (κ3) is 2.69. The van der Waals surface area contributed by atoms with Gasteiger partial charge in [-0.3, -0.25) is 4.90 Å². The minimum Gasteiger partial charge on any atom is -0.315 e. The van der Waals surface area contributed by atoms with Gasteiger partial charge in [0.05, 0.1) is 0 Å². The number of rotatable bonds is 1. The lowest BCUT2D eigenvalue weighted by Crippen LogP contribution is -2.26. The summed E-state index contributed by atoms with van der Waals surface area (Å²) in [4.78, 5) is 2.34. The molecule has 0 saturated carbocycles. The van der Waals surface area contributed by atoms with Crippen LogP contribution in [-0.2, 0) is 0 Å². The van der Waals surface area contributed by atoms with Crippen molar-refractivity contribution in [2.45, 2.75) is 12.5 Å². The molecule has 1 saturated heterocycles. The van der Waals surface area contributed by atoms with Crippen LogP contribution in [0.3, 0.4) is 0 Å².